The van der Waals surface area contributed by atoms with Crippen molar-refractivity contribution in [3.8, 4) is 11.8 Å². The average molecular weight is 285 g/mol. The molecule has 1 aliphatic rings. The number of hydrogen-bond acceptors (Lipinski definition) is 2. The maximum Gasteiger partial charge on any atom is 0.153 e. The molecule has 1 atom stereocenters. The zero-order valence-electron chi connectivity index (χ0n) is 13.3. The number of aliphatic hydroxyl groups is 1. The van der Waals surface area contributed by atoms with Gasteiger partial charge in [-0.05, 0) is 32.5 Å². The molecule has 21 heavy (non-hydrogen) atoms. The van der Waals surface area contributed by atoms with Crippen LogP contribution in [0.5, 0.6) is 0 Å². The second-order valence-corrected chi connectivity index (χ2v) is 6.32. The highest BCUT2D eigenvalue weighted by Crippen LogP contribution is 2.38. The Bertz CT molecular complexity index is 479. The van der Waals surface area contributed by atoms with Gasteiger partial charge in [0.05, 0.1) is 0 Å². The van der Waals surface area contributed by atoms with Crippen molar-refractivity contribution >= 4 is 0 Å². The van der Waals surface area contributed by atoms with Crippen LogP contribution in [-0.4, -0.2) is 30.6 Å². The van der Waals surface area contributed by atoms with E-state index < -0.39 is 5.60 Å². The van der Waals surface area contributed by atoms with E-state index in [-0.39, 0.29) is 5.92 Å². The standard InChI is InChI=1S/C19H27NO/c1-20(2)16-10-9-15-19(21,17-11-5-3-6-12-17)18-13-7-4-8-14-18/h3,5-6,11-12,18,21H,4,7-8,10,13-14,16H2,1-2H3/t19-/m1/s1. The highest BCUT2D eigenvalue weighted by atomic mass is 16.3. The quantitative estimate of drug-likeness (QED) is 0.857. The van der Waals surface area contributed by atoms with E-state index in [1.54, 1.807) is 0 Å². The summed E-state index contributed by atoms with van der Waals surface area (Å²) in [6, 6.07) is 9.99. The van der Waals surface area contributed by atoms with Gasteiger partial charge in [0, 0.05) is 18.9 Å². The van der Waals surface area contributed by atoms with E-state index in [4.69, 9.17) is 0 Å². The van der Waals surface area contributed by atoms with Gasteiger partial charge in [-0.15, -0.1) is 0 Å². The summed E-state index contributed by atoms with van der Waals surface area (Å²) < 4.78 is 0. The van der Waals surface area contributed by atoms with Gasteiger partial charge < -0.3 is 10.0 Å². The van der Waals surface area contributed by atoms with Crippen LogP contribution in [0.2, 0.25) is 0 Å². The molecule has 0 unspecified atom stereocenters. The highest BCUT2D eigenvalue weighted by molar-refractivity contribution is 5.33. The van der Waals surface area contributed by atoms with Crippen molar-refractivity contribution in [2.24, 2.45) is 5.92 Å². The molecule has 0 aliphatic heterocycles. The molecular weight excluding hydrogens is 258 g/mol. The van der Waals surface area contributed by atoms with E-state index in [0.717, 1.165) is 31.4 Å². The summed E-state index contributed by atoms with van der Waals surface area (Å²) in [5.74, 6) is 6.69. The molecule has 1 aliphatic carbocycles. The Morgan fingerprint density at radius 2 is 1.81 bits per heavy atom. The van der Waals surface area contributed by atoms with E-state index >= 15 is 0 Å². The monoisotopic (exact) mass is 285 g/mol. The average Bonchev–Trinajstić information content (AvgIpc) is 2.53. The summed E-state index contributed by atoms with van der Waals surface area (Å²) in [5, 5.41) is 11.3. The fraction of sp³-hybridized carbons (Fsp3) is 0.579. The van der Waals surface area contributed by atoms with Crippen LogP contribution < -0.4 is 0 Å². The highest BCUT2D eigenvalue weighted by Gasteiger charge is 2.37. The van der Waals surface area contributed by atoms with Gasteiger partial charge in [0.25, 0.3) is 0 Å². The summed E-state index contributed by atoms with van der Waals surface area (Å²) in [4.78, 5) is 2.12. The first-order valence-electron chi connectivity index (χ1n) is 8.05. The molecule has 114 valence electrons. The van der Waals surface area contributed by atoms with Crippen molar-refractivity contribution in [2.45, 2.75) is 44.1 Å². The molecule has 0 heterocycles. The van der Waals surface area contributed by atoms with Gasteiger partial charge in [-0.2, -0.15) is 0 Å². The molecule has 2 heteroatoms. The summed E-state index contributed by atoms with van der Waals surface area (Å²) >= 11 is 0. The lowest BCUT2D eigenvalue weighted by atomic mass is 9.73. The largest absolute Gasteiger partial charge is 0.373 e. The summed E-state index contributed by atoms with van der Waals surface area (Å²) in [6.07, 6.45) is 6.66. The topological polar surface area (TPSA) is 23.5 Å². The predicted octanol–water partition coefficient (Wildman–Crippen LogP) is 3.41. The lowest BCUT2D eigenvalue weighted by Crippen LogP contribution is -2.35. The molecule has 2 nitrogen and oxygen atoms in total. The molecule has 1 aromatic carbocycles. The maximum absolute atomic E-state index is 11.3. The molecule has 1 saturated carbocycles. The Morgan fingerprint density at radius 3 is 2.43 bits per heavy atom. The van der Waals surface area contributed by atoms with Gasteiger partial charge in [-0.25, -0.2) is 0 Å². The van der Waals surface area contributed by atoms with Crippen molar-refractivity contribution in [1.82, 2.24) is 4.90 Å². The Balaban J connectivity index is 2.21. The molecule has 1 fully saturated rings. The maximum atomic E-state index is 11.3. The van der Waals surface area contributed by atoms with Crippen molar-refractivity contribution in [2.75, 3.05) is 20.6 Å². The molecule has 0 aromatic heterocycles. The minimum absolute atomic E-state index is 0.264. The first kappa shape index (κ1) is 16.1. The SMILES string of the molecule is CN(C)CCC#C[C@@](O)(c1ccccc1)C1CCCCC1. The van der Waals surface area contributed by atoms with E-state index in [9.17, 15) is 5.11 Å². The summed E-state index contributed by atoms with van der Waals surface area (Å²) in [6.45, 7) is 0.933. The van der Waals surface area contributed by atoms with Gasteiger partial charge in [0.2, 0.25) is 0 Å². The summed E-state index contributed by atoms with van der Waals surface area (Å²) in [7, 11) is 4.10. The minimum atomic E-state index is -0.978. The van der Waals surface area contributed by atoms with Crippen LogP contribution in [0.15, 0.2) is 30.3 Å². The lowest BCUT2D eigenvalue weighted by Gasteiger charge is -2.35. The first-order valence-corrected chi connectivity index (χ1v) is 8.05. The van der Waals surface area contributed by atoms with Crippen LogP contribution in [0.1, 0.15) is 44.1 Å². The van der Waals surface area contributed by atoms with Crippen LogP contribution in [0.3, 0.4) is 0 Å². The van der Waals surface area contributed by atoms with Crippen molar-refractivity contribution in [3.63, 3.8) is 0 Å². The number of hydrogen-bond donors (Lipinski definition) is 1. The predicted molar refractivity (Wildman–Crippen MR) is 87.9 cm³/mol. The molecule has 0 saturated heterocycles. The van der Waals surface area contributed by atoms with Crippen molar-refractivity contribution in [1.29, 1.82) is 0 Å². The number of benzene rings is 1. The smallest absolute Gasteiger partial charge is 0.153 e. The Hall–Kier alpha value is -1.30. The zero-order chi connectivity index (χ0) is 15.1. The molecule has 2 rings (SSSR count). The molecule has 0 spiro atoms. The minimum Gasteiger partial charge on any atom is -0.373 e. The fourth-order valence-electron chi connectivity index (χ4n) is 3.10. The molecular formula is C19H27NO. The molecule has 0 amide bonds. The fourth-order valence-corrected chi connectivity index (χ4v) is 3.10. The van der Waals surface area contributed by atoms with Gasteiger partial charge in [-0.1, -0.05) is 61.4 Å². The molecule has 1 aromatic rings. The van der Waals surface area contributed by atoms with Crippen LogP contribution in [0.4, 0.5) is 0 Å². The van der Waals surface area contributed by atoms with Gasteiger partial charge in [0.1, 0.15) is 0 Å². The third kappa shape index (κ3) is 4.33. The van der Waals surface area contributed by atoms with Crippen LogP contribution in [-0.2, 0) is 5.60 Å². The Labute approximate surface area is 129 Å². The second kappa shape index (κ2) is 7.64. The third-order valence-electron chi connectivity index (χ3n) is 4.37. The second-order valence-electron chi connectivity index (χ2n) is 6.32. The Morgan fingerprint density at radius 1 is 1.14 bits per heavy atom. The normalized spacial score (nSPS) is 18.9. The van der Waals surface area contributed by atoms with E-state index in [2.05, 4.69) is 16.7 Å². The number of rotatable bonds is 4. The lowest BCUT2D eigenvalue weighted by molar-refractivity contribution is 0.0159. The van der Waals surface area contributed by atoms with Crippen molar-refractivity contribution < 1.29 is 5.11 Å². The summed E-state index contributed by atoms with van der Waals surface area (Å²) in [5.41, 5.74) is -0.0252. The van der Waals surface area contributed by atoms with E-state index in [1.807, 2.05) is 44.4 Å². The van der Waals surface area contributed by atoms with Gasteiger partial charge in [0.15, 0.2) is 5.60 Å². The van der Waals surface area contributed by atoms with E-state index in [0.29, 0.717) is 0 Å². The van der Waals surface area contributed by atoms with E-state index in [1.165, 1.54) is 19.3 Å². The van der Waals surface area contributed by atoms with Gasteiger partial charge >= 0.3 is 0 Å². The first-order chi connectivity index (χ1) is 10.1. The molecule has 0 radical (unpaired) electrons. The van der Waals surface area contributed by atoms with Crippen molar-refractivity contribution in [3.05, 3.63) is 35.9 Å². The third-order valence-corrected chi connectivity index (χ3v) is 4.37. The zero-order valence-corrected chi connectivity index (χ0v) is 13.3. The van der Waals surface area contributed by atoms with Crippen LogP contribution in [0, 0.1) is 17.8 Å². The molecule has 0 bridgehead atoms. The van der Waals surface area contributed by atoms with Crippen LogP contribution in [0.25, 0.3) is 0 Å². The number of nitrogens with zero attached hydrogens (tertiary/aromatic N) is 1. The van der Waals surface area contributed by atoms with Gasteiger partial charge in [-0.3, -0.25) is 0 Å². The Kier molecular flexibility index (Phi) is 5.85. The van der Waals surface area contributed by atoms with Crippen LogP contribution >= 0.6 is 0 Å². The molecule has 1 N–H and O–H groups in total.